The van der Waals surface area contributed by atoms with Crippen molar-refractivity contribution >= 4 is 33.2 Å². The second kappa shape index (κ2) is 6.54. The van der Waals surface area contributed by atoms with Gasteiger partial charge in [-0.3, -0.25) is 4.79 Å². The van der Waals surface area contributed by atoms with E-state index in [0.29, 0.717) is 23.3 Å². The van der Waals surface area contributed by atoms with Gasteiger partial charge < -0.3 is 14.5 Å². The number of fused-ring (bicyclic) bond motifs is 1. The minimum atomic E-state index is -3.87. The summed E-state index contributed by atoms with van der Waals surface area (Å²) in [5.41, 5.74) is 0.354. The van der Waals surface area contributed by atoms with Crippen molar-refractivity contribution in [2.45, 2.75) is 30.7 Å². The number of nitrogens with zero attached hydrogens (tertiary/aromatic N) is 1. The molecular formula is C18H19ClN2O5S. The van der Waals surface area contributed by atoms with Crippen LogP contribution in [0.15, 0.2) is 33.6 Å². The molecule has 1 aromatic heterocycles. The minimum absolute atomic E-state index is 0.0124. The summed E-state index contributed by atoms with van der Waals surface area (Å²) in [7, 11) is -2.40. The summed E-state index contributed by atoms with van der Waals surface area (Å²) in [6.45, 7) is 2.08. The van der Waals surface area contributed by atoms with Crippen molar-refractivity contribution in [1.29, 1.82) is 0 Å². The van der Waals surface area contributed by atoms with Crippen LogP contribution in [0.3, 0.4) is 0 Å². The molecule has 1 aliphatic carbocycles. The Kier molecular flexibility index (Phi) is 4.44. The molecule has 0 unspecified atom stereocenters. The molecule has 1 saturated carbocycles. The molecular weight excluding hydrogens is 392 g/mol. The average molecular weight is 411 g/mol. The summed E-state index contributed by atoms with van der Waals surface area (Å²) in [5, 5.41) is 2.61. The molecule has 9 heteroatoms. The van der Waals surface area contributed by atoms with E-state index in [1.165, 1.54) is 23.5 Å². The third-order valence-electron chi connectivity index (χ3n) is 4.89. The fraction of sp³-hybridized carbons (Fsp3) is 0.389. The first-order valence-electron chi connectivity index (χ1n) is 8.57. The zero-order valence-corrected chi connectivity index (χ0v) is 16.4. The van der Waals surface area contributed by atoms with Gasteiger partial charge in [0.25, 0.3) is 5.91 Å². The third kappa shape index (κ3) is 3.44. The van der Waals surface area contributed by atoms with Gasteiger partial charge in [-0.1, -0.05) is 18.5 Å². The Morgan fingerprint density at radius 2 is 2.07 bits per heavy atom. The Morgan fingerprint density at radius 1 is 1.33 bits per heavy atom. The largest absolute Gasteiger partial charge is 0.482 e. The lowest BCUT2D eigenvalue weighted by Crippen LogP contribution is -2.28. The third-order valence-corrected chi connectivity index (χ3v) is 7.16. The molecule has 2 atom stereocenters. The number of furan rings is 1. The highest BCUT2D eigenvalue weighted by Gasteiger charge is 2.37. The molecule has 27 heavy (non-hydrogen) atoms. The van der Waals surface area contributed by atoms with Gasteiger partial charge in [-0.2, -0.15) is 4.31 Å². The van der Waals surface area contributed by atoms with Gasteiger partial charge >= 0.3 is 0 Å². The zero-order chi connectivity index (χ0) is 19.3. The molecule has 2 heterocycles. The van der Waals surface area contributed by atoms with Gasteiger partial charge in [0.05, 0.1) is 17.3 Å². The summed E-state index contributed by atoms with van der Waals surface area (Å²) in [6.07, 6.45) is 1.10. The van der Waals surface area contributed by atoms with Crippen LogP contribution in [0.5, 0.6) is 5.75 Å². The first kappa shape index (κ1) is 18.3. The lowest BCUT2D eigenvalue weighted by molar-refractivity contribution is -0.118. The predicted molar refractivity (Wildman–Crippen MR) is 99.5 cm³/mol. The smallest absolute Gasteiger partial charge is 0.262 e. The predicted octanol–water partition coefficient (Wildman–Crippen LogP) is 3.21. The molecule has 1 aliphatic heterocycles. The van der Waals surface area contributed by atoms with Crippen molar-refractivity contribution in [3.05, 3.63) is 40.8 Å². The number of halogens is 1. The highest BCUT2D eigenvalue weighted by molar-refractivity contribution is 7.89. The number of nitrogens with one attached hydrogen (secondary N) is 1. The van der Waals surface area contributed by atoms with E-state index in [1.807, 2.05) is 6.07 Å². The monoisotopic (exact) mass is 410 g/mol. The van der Waals surface area contributed by atoms with Crippen LogP contribution in [-0.4, -0.2) is 32.3 Å². The van der Waals surface area contributed by atoms with Crippen LogP contribution < -0.4 is 10.1 Å². The van der Waals surface area contributed by atoms with Gasteiger partial charge in [0.2, 0.25) is 10.0 Å². The number of hydrogen-bond donors (Lipinski definition) is 1. The topological polar surface area (TPSA) is 88.9 Å². The Labute approximate surface area is 162 Å². The van der Waals surface area contributed by atoms with Crippen molar-refractivity contribution < 1.29 is 22.4 Å². The number of benzene rings is 1. The van der Waals surface area contributed by atoms with Crippen LogP contribution >= 0.6 is 11.6 Å². The van der Waals surface area contributed by atoms with E-state index in [0.717, 1.165) is 12.2 Å². The highest BCUT2D eigenvalue weighted by Crippen LogP contribution is 2.47. The van der Waals surface area contributed by atoms with Gasteiger partial charge in [0, 0.05) is 19.0 Å². The molecule has 2 aliphatic rings. The molecule has 0 saturated heterocycles. The number of rotatable bonds is 5. The zero-order valence-electron chi connectivity index (χ0n) is 14.9. The molecule has 0 spiro atoms. The van der Waals surface area contributed by atoms with E-state index in [9.17, 15) is 13.2 Å². The van der Waals surface area contributed by atoms with Crippen molar-refractivity contribution in [1.82, 2.24) is 4.31 Å². The lowest BCUT2D eigenvalue weighted by Gasteiger charge is -2.21. The molecule has 1 N–H and O–H groups in total. The molecule has 144 valence electrons. The quantitative estimate of drug-likeness (QED) is 0.817. The molecule has 4 rings (SSSR count). The SMILES string of the molecule is C[C@H]1C[C@H]1c1ccc(CN(C)S(=O)(=O)c2cc3c(cc2Cl)NC(=O)CO3)o1. The van der Waals surface area contributed by atoms with Gasteiger partial charge in [0.1, 0.15) is 22.2 Å². The maximum atomic E-state index is 13.0. The van der Waals surface area contributed by atoms with Gasteiger partial charge in [-0.05, 0) is 30.5 Å². The van der Waals surface area contributed by atoms with Gasteiger partial charge in [-0.15, -0.1) is 0 Å². The Morgan fingerprint density at radius 3 is 2.78 bits per heavy atom. The Hall–Kier alpha value is -2.03. The molecule has 1 amide bonds. The van der Waals surface area contributed by atoms with Gasteiger partial charge in [0.15, 0.2) is 6.61 Å². The highest BCUT2D eigenvalue weighted by atomic mass is 35.5. The summed E-state index contributed by atoms with van der Waals surface area (Å²) in [6, 6.07) is 6.43. The van der Waals surface area contributed by atoms with Crippen molar-refractivity contribution in [2.75, 3.05) is 19.0 Å². The van der Waals surface area contributed by atoms with Crippen LogP contribution in [0.4, 0.5) is 5.69 Å². The molecule has 7 nitrogen and oxygen atoms in total. The van der Waals surface area contributed by atoms with E-state index in [-0.39, 0.29) is 34.7 Å². The lowest BCUT2D eigenvalue weighted by atomic mass is 10.2. The molecule has 1 fully saturated rings. The van der Waals surface area contributed by atoms with Crippen LogP contribution in [0.25, 0.3) is 0 Å². The number of carbonyl (C=O) groups excluding carboxylic acids is 1. The van der Waals surface area contributed by atoms with E-state index in [1.54, 1.807) is 6.07 Å². The van der Waals surface area contributed by atoms with Crippen LogP contribution in [0.1, 0.15) is 30.8 Å². The maximum absolute atomic E-state index is 13.0. The molecule has 1 aromatic carbocycles. The van der Waals surface area contributed by atoms with Crippen LogP contribution in [0.2, 0.25) is 5.02 Å². The molecule has 2 aromatic rings. The van der Waals surface area contributed by atoms with Crippen LogP contribution in [-0.2, 0) is 21.4 Å². The summed E-state index contributed by atoms with van der Waals surface area (Å²) in [4.78, 5) is 11.3. The number of anilines is 1. The van der Waals surface area contributed by atoms with E-state index in [2.05, 4.69) is 12.2 Å². The Bertz CT molecular complexity index is 1020. The van der Waals surface area contributed by atoms with Crippen molar-refractivity contribution in [3.8, 4) is 5.75 Å². The molecule has 0 radical (unpaired) electrons. The second-order valence-electron chi connectivity index (χ2n) is 7.00. The number of amides is 1. The fourth-order valence-electron chi connectivity index (χ4n) is 3.15. The van der Waals surface area contributed by atoms with E-state index in [4.69, 9.17) is 20.8 Å². The molecule has 0 bridgehead atoms. The maximum Gasteiger partial charge on any atom is 0.262 e. The normalized spacial score (nSPS) is 21.6. The van der Waals surface area contributed by atoms with Crippen molar-refractivity contribution in [2.24, 2.45) is 5.92 Å². The number of ether oxygens (including phenoxy) is 1. The summed E-state index contributed by atoms with van der Waals surface area (Å²) >= 11 is 6.17. The Balaban J connectivity index is 1.57. The van der Waals surface area contributed by atoms with E-state index < -0.39 is 10.0 Å². The van der Waals surface area contributed by atoms with Crippen molar-refractivity contribution in [3.63, 3.8) is 0 Å². The fourth-order valence-corrected chi connectivity index (χ4v) is 4.80. The van der Waals surface area contributed by atoms with Crippen LogP contribution in [0, 0.1) is 5.92 Å². The van der Waals surface area contributed by atoms with Gasteiger partial charge in [-0.25, -0.2) is 8.42 Å². The second-order valence-corrected chi connectivity index (χ2v) is 9.42. The number of carbonyl (C=O) groups is 1. The summed E-state index contributed by atoms with van der Waals surface area (Å²) < 4.78 is 38.2. The average Bonchev–Trinajstić information content (AvgIpc) is 3.15. The standard InChI is InChI=1S/C18H19ClN2O5S/c1-10-5-12(10)15-4-3-11(26-15)8-21(2)27(23,24)17-7-16-14(6-13(17)19)20-18(22)9-25-16/h3-4,6-7,10,12H,5,8-9H2,1-2H3,(H,20,22)/t10-,12+/m0/s1. The summed E-state index contributed by atoms with van der Waals surface area (Å²) in [5.74, 6) is 2.48. The first-order chi connectivity index (χ1) is 12.8. The van der Waals surface area contributed by atoms with E-state index >= 15 is 0 Å². The minimum Gasteiger partial charge on any atom is -0.482 e. The first-order valence-corrected chi connectivity index (χ1v) is 10.4. The number of hydrogen-bond acceptors (Lipinski definition) is 5. The number of sulfonamides is 1.